The Bertz CT molecular complexity index is 720. The van der Waals surface area contributed by atoms with E-state index in [-0.39, 0.29) is 0 Å². The van der Waals surface area contributed by atoms with Gasteiger partial charge in [-0.1, -0.05) is 72.8 Å². The van der Waals surface area contributed by atoms with Gasteiger partial charge in [-0.3, -0.25) is 4.90 Å². The van der Waals surface area contributed by atoms with Crippen molar-refractivity contribution in [2.45, 2.75) is 24.9 Å². The Hall–Kier alpha value is -1.86. The minimum Gasteiger partial charge on any atom is -0.288 e. The van der Waals surface area contributed by atoms with E-state index < -0.39 is 0 Å². The number of nitrogens with zero attached hydrogens (tertiary/aromatic N) is 1. The van der Waals surface area contributed by atoms with Crippen molar-refractivity contribution in [3.05, 3.63) is 83.9 Å². The van der Waals surface area contributed by atoms with Gasteiger partial charge in [0.25, 0.3) is 0 Å². The van der Waals surface area contributed by atoms with Gasteiger partial charge in [-0.05, 0) is 41.7 Å². The zero-order valence-corrected chi connectivity index (χ0v) is 13.4. The van der Waals surface area contributed by atoms with Gasteiger partial charge in [-0.15, -0.1) is 0 Å². The molecule has 6 atom stereocenters. The molecular formula is C22H23N. The largest absolute Gasteiger partial charge is 0.288 e. The van der Waals surface area contributed by atoms with Gasteiger partial charge in [0.15, 0.2) is 0 Å². The molecule has 1 nitrogen and oxygen atoms in total. The lowest BCUT2D eigenvalue weighted by atomic mass is 9.58. The van der Waals surface area contributed by atoms with Crippen molar-refractivity contribution in [3.63, 3.8) is 0 Å². The summed E-state index contributed by atoms with van der Waals surface area (Å²) in [6.07, 6.45) is 2.65. The Balaban J connectivity index is 1.60. The molecule has 0 aromatic heterocycles. The molecule has 1 unspecified atom stereocenters. The van der Waals surface area contributed by atoms with Gasteiger partial charge in [-0.2, -0.15) is 0 Å². The Morgan fingerprint density at radius 1 is 0.783 bits per heavy atom. The fraction of sp³-hybridized carbons (Fsp3) is 0.364. The summed E-state index contributed by atoms with van der Waals surface area (Å²) in [5, 5.41) is 0. The molecule has 1 aliphatic carbocycles. The molecule has 0 radical (unpaired) electrons. The molecule has 4 aliphatic rings. The third kappa shape index (κ3) is 1.96. The Kier molecular flexibility index (Phi) is 2.99. The molecule has 4 bridgehead atoms. The lowest BCUT2D eigenvalue weighted by Gasteiger charge is -2.61. The highest BCUT2D eigenvalue weighted by atomic mass is 15.2. The van der Waals surface area contributed by atoms with E-state index in [0.717, 1.165) is 11.8 Å². The normalized spacial score (nSPS) is 38.0. The van der Waals surface area contributed by atoms with Crippen LogP contribution in [-0.4, -0.2) is 11.4 Å². The first kappa shape index (κ1) is 13.6. The molecule has 0 N–H and O–H groups in total. The zero-order valence-electron chi connectivity index (χ0n) is 13.4. The summed E-state index contributed by atoms with van der Waals surface area (Å²) in [4.78, 5) is 2.80. The van der Waals surface area contributed by atoms with Gasteiger partial charge in [0.2, 0.25) is 0 Å². The summed E-state index contributed by atoms with van der Waals surface area (Å²) in [7, 11) is 0. The minimum atomic E-state index is 0.515. The lowest BCUT2D eigenvalue weighted by molar-refractivity contribution is -0.0784. The van der Waals surface area contributed by atoms with Gasteiger partial charge >= 0.3 is 0 Å². The van der Waals surface area contributed by atoms with Gasteiger partial charge in [0.1, 0.15) is 0 Å². The van der Waals surface area contributed by atoms with Crippen molar-refractivity contribution in [1.29, 1.82) is 0 Å². The molecule has 0 amide bonds. The summed E-state index contributed by atoms with van der Waals surface area (Å²) in [5.41, 5.74) is 4.50. The summed E-state index contributed by atoms with van der Waals surface area (Å²) in [6, 6.07) is 23.4. The van der Waals surface area contributed by atoms with Crippen molar-refractivity contribution in [2.24, 2.45) is 17.8 Å². The summed E-state index contributed by atoms with van der Waals surface area (Å²) in [5.74, 6) is 2.17. The zero-order chi connectivity index (χ0) is 15.4. The van der Waals surface area contributed by atoms with E-state index in [2.05, 4.69) is 72.1 Å². The van der Waals surface area contributed by atoms with Crippen LogP contribution in [0, 0.1) is 17.8 Å². The van der Waals surface area contributed by atoms with E-state index in [4.69, 9.17) is 0 Å². The maximum atomic E-state index is 4.50. The number of hydrogen-bond acceptors (Lipinski definition) is 1. The second-order valence-electron chi connectivity index (χ2n) is 7.52. The monoisotopic (exact) mass is 301 g/mol. The van der Waals surface area contributed by atoms with Crippen molar-refractivity contribution >= 4 is 0 Å². The van der Waals surface area contributed by atoms with E-state index >= 15 is 0 Å². The molecule has 116 valence electrons. The number of benzene rings is 2. The topological polar surface area (TPSA) is 3.24 Å². The van der Waals surface area contributed by atoms with Crippen molar-refractivity contribution < 1.29 is 0 Å². The van der Waals surface area contributed by atoms with E-state index in [1.54, 1.807) is 0 Å². The molecule has 6 rings (SSSR count). The number of piperidine rings is 3. The highest BCUT2D eigenvalue weighted by molar-refractivity contribution is 5.33. The van der Waals surface area contributed by atoms with E-state index in [1.165, 1.54) is 36.1 Å². The predicted octanol–water partition coefficient (Wildman–Crippen LogP) is 5.00. The second-order valence-corrected chi connectivity index (χ2v) is 7.52. The van der Waals surface area contributed by atoms with Crippen molar-refractivity contribution in [2.75, 3.05) is 6.54 Å². The van der Waals surface area contributed by atoms with Crippen LogP contribution in [0.2, 0.25) is 0 Å². The molecule has 23 heavy (non-hydrogen) atoms. The maximum absolute atomic E-state index is 4.50. The predicted molar refractivity (Wildman–Crippen MR) is 93.9 cm³/mol. The van der Waals surface area contributed by atoms with E-state index in [1.807, 2.05) is 0 Å². The van der Waals surface area contributed by atoms with Gasteiger partial charge in [0, 0.05) is 18.6 Å². The fourth-order valence-electron chi connectivity index (χ4n) is 5.52. The summed E-state index contributed by atoms with van der Waals surface area (Å²) in [6.45, 7) is 5.69. The first-order chi connectivity index (χ1) is 11.3. The van der Waals surface area contributed by atoms with Crippen LogP contribution in [0.1, 0.15) is 36.1 Å². The summed E-state index contributed by atoms with van der Waals surface area (Å²) < 4.78 is 0. The average Bonchev–Trinajstić information content (AvgIpc) is 2.60. The molecule has 3 heterocycles. The third-order valence-corrected chi connectivity index (χ3v) is 6.40. The van der Waals surface area contributed by atoms with Crippen molar-refractivity contribution in [3.8, 4) is 0 Å². The second kappa shape index (κ2) is 5.07. The van der Waals surface area contributed by atoms with Gasteiger partial charge in [0.05, 0.1) is 0 Å². The smallest absolute Gasteiger partial charge is 0.0420 e. The Labute approximate surface area is 138 Å². The Morgan fingerprint density at radius 2 is 1.39 bits per heavy atom. The van der Waals surface area contributed by atoms with Crippen molar-refractivity contribution in [1.82, 2.24) is 4.90 Å². The number of rotatable bonds is 2. The SMILES string of the molecule is C=C1[C@@H]2C[C@@H]3C[C@H]1[C@@H](c1ccccc1)N(C2)[C@@H]3c1ccccc1. The molecule has 1 heteroatoms. The molecule has 1 saturated carbocycles. The molecular weight excluding hydrogens is 278 g/mol. The number of hydrogen-bond donors (Lipinski definition) is 0. The summed E-state index contributed by atoms with van der Waals surface area (Å²) >= 11 is 0. The minimum absolute atomic E-state index is 0.515. The van der Waals surface area contributed by atoms with Gasteiger partial charge in [-0.25, -0.2) is 0 Å². The van der Waals surface area contributed by atoms with Crippen LogP contribution in [0.5, 0.6) is 0 Å². The van der Waals surface area contributed by atoms with E-state index in [0.29, 0.717) is 18.0 Å². The molecule has 2 aromatic carbocycles. The molecule has 0 spiro atoms. The quantitative estimate of drug-likeness (QED) is 0.706. The standard InChI is InChI=1S/C22H23N/c1-15-19-12-18-13-20(15)22(17-10-6-3-7-11-17)23(14-19)21(18)16-8-4-2-5-9-16/h2-11,18-22H,1,12-14H2/t18-,19-,20-,21-,22-/m1/s1. The first-order valence-electron chi connectivity index (χ1n) is 8.87. The molecule has 4 fully saturated rings. The highest BCUT2D eigenvalue weighted by Crippen LogP contribution is 2.60. The Morgan fingerprint density at radius 3 is 2.04 bits per heavy atom. The van der Waals surface area contributed by atoms with Crippen LogP contribution >= 0.6 is 0 Å². The maximum Gasteiger partial charge on any atom is 0.0420 e. The van der Waals surface area contributed by atoms with Crippen LogP contribution in [0.25, 0.3) is 0 Å². The molecule has 3 saturated heterocycles. The highest BCUT2D eigenvalue weighted by Gasteiger charge is 2.54. The fourth-order valence-corrected chi connectivity index (χ4v) is 5.52. The van der Waals surface area contributed by atoms with Crippen LogP contribution in [0.15, 0.2) is 72.8 Å². The van der Waals surface area contributed by atoms with Gasteiger partial charge < -0.3 is 0 Å². The average molecular weight is 301 g/mol. The van der Waals surface area contributed by atoms with Crippen LogP contribution in [0.4, 0.5) is 0 Å². The lowest BCUT2D eigenvalue weighted by Crippen LogP contribution is -2.57. The van der Waals surface area contributed by atoms with Crippen LogP contribution in [-0.2, 0) is 0 Å². The molecule has 3 aliphatic heterocycles. The third-order valence-electron chi connectivity index (χ3n) is 6.40. The van der Waals surface area contributed by atoms with Crippen LogP contribution < -0.4 is 0 Å². The molecule has 2 aromatic rings. The first-order valence-corrected chi connectivity index (χ1v) is 8.87. The van der Waals surface area contributed by atoms with Crippen LogP contribution in [0.3, 0.4) is 0 Å². The van der Waals surface area contributed by atoms with E-state index in [9.17, 15) is 0 Å².